The Morgan fingerprint density at radius 3 is 2.75 bits per heavy atom. The first kappa shape index (κ1) is 15.8. The lowest BCUT2D eigenvalue weighted by Crippen LogP contribution is -2.50. The molecule has 3 atom stereocenters. The Bertz CT molecular complexity index is 290. The molecular weight excluding hydrogens is 252 g/mol. The Kier molecular flexibility index (Phi) is 6.80. The predicted octanol–water partition coefficient (Wildman–Crippen LogP) is 2.23. The van der Waals surface area contributed by atoms with E-state index in [1.807, 2.05) is 0 Å². The van der Waals surface area contributed by atoms with Crippen LogP contribution in [0.15, 0.2) is 0 Å². The van der Waals surface area contributed by atoms with E-state index in [1.165, 1.54) is 58.6 Å². The van der Waals surface area contributed by atoms with Gasteiger partial charge in [-0.1, -0.05) is 19.3 Å². The highest BCUT2D eigenvalue weighted by molar-refractivity contribution is 5.69. The number of esters is 1. The maximum Gasteiger partial charge on any atom is 0.305 e. The van der Waals surface area contributed by atoms with Gasteiger partial charge in [-0.25, -0.2) is 0 Å². The van der Waals surface area contributed by atoms with E-state index in [-0.39, 0.29) is 5.97 Å². The van der Waals surface area contributed by atoms with Crippen LogP contribution in [0.25, 0.3) is 0 Å². The summed E-state index contributed by atoms with van der Waals surface area (Å²) < 4.78 is 4.68. The largest absolute Gasteiger partial charge is 0.469 e. The fourth-order valence-electron chi connectivity index (χ4n) is 3.76. The molecule has 0 aromatic rings. The van der Waals surface area contributed by atoms with Crippen LogP contribution >= 0.6 is 0 Å². The van der Waals surface area contributed by atoms with Crippen LogP contribution in [-0.2, 0) is 9.53 Å². The third kappa shape index (κ3) is 4.74. The van der Waals surface area contributed by atoms with Crippen molar-refractivity contribution in [3.05, 3.63) is 0 Å². The highest BCUT2D eigenvalue weighted by atomic mass is 16.5. The third-order valence-electron chi connectivity index (χ3n) is 4.88. The van der Waals surface area contributed by atoms with E-state index in [9.17, 15) is 4.79 Å². The number of carbonyl (C=O) groups excluding carboxylic acids is 1. The molecule has 116 valence electrons. The molecule has 4 heteroatoms. The Labute approximate surface area is 123 Å². The Morgan fingerprint density at radius 2 is 2.00 bits per heavy atom. The molecule has 1 heterocycles. The van der Waals surface area contributed by atoms with Crippen molar-refractivity contribution >= 4 is 5.97 Å². The highest BCUT2D eigenvalue weighted by Gasteiger charge is 2.31. The Balaban J connectivity index is 1.73. The Hall–Kier alpha value is -0.610. The van der Waals surface area contributed by atoms with Crippen LogP contribution in [-0.4, -0.2) is 38.3 Å². The number of carbonyl (C=O) groups is 1. The van der Waals surface area contributed by atoms with E-state index in [1.54, 1.807) is 0 Å². The SMILES string of the molecule is COC(=O)CCCNC1CCCCC1C1CCCCN1. The minimum Gasteiger partial charge on any atom is -0.469 e. The van der Waals surface area contributed by atoms with Crippen LogP contribution < -0.4 is 10.6 Å². The summed E-state index contributed by atoms with van der Waals surface area (Å²) in [4.78, 5) is 11.1. The summed E-state index contributed by atoms with van der Waals surface area (Å²) in [5.74, 6) is 0.683. The molecule has 2 aliphatic rings. The number of piperidine rings is 1. The molecule has 0 aromatic heterocycles. The van der Waals surface area contributed by atoms with Gasteiger partial charge in [0.05, 0.1) is 7.11 Å². The van der Waals surface area contributed by atoms with Crippen LogP contribution in [0.2, 0.25) is 0 Å². The van der Waals surface area contributed by atoms with E-state index in [2.05, 4.69) is 15.4 Å². The van der Waals surface area contributed by atoms with Crippen LogP contribution in [0.5, 0.6) is 0 Å². The number of rotatable bonds is 6. The lowest BCUT2D eigenvalue weighted by molar-refractivity contribution is -0.140. The summed E-state index contributed by atoms with van der Waals surface area (Å²) in [6.07, 6.45) is 10.8. The van der Waals surface area contributed by atoms with Gasteiger partial charge >= 0.3 is 5.97 Å². The van der Waals surface area contributed by atoms with Crippen molar-refractivity contribution < 1.29 is 9.53 Å². The fourth-order valence-corrected chi connectivity index (χ4v) is 3.76. The zero-order valence-corrected chi connectivity index (χ0v) is 12.8. The summed E-state index contributed by atoms with van der Waals surface area (Å²) in [5.41, 5.74) is 0. The summed E-state index contributed by atoms with van der Waals surface area (Å²) in [5, 5.41) is 7.42. The number of hydrogen-bond donors (Lipinski definition) is 2. The lowest BCUT2D eigenvalue weighted by Gasteiger charge is -2.40. The molecule has 1 aliphatic heterocycles. The van der Waals surface area contributed by atoms with Gasteiger partial charge in [0.2, 0.25) is 0 Å². The van der Waals surface area contributed by atoms with E-state index >= 15 is 0 Å². The topological polar surface area (TPSA) is 50.4 Å². The van der Waals surface area contributed by atoms with Crippen molar-refractivity contribution in [3.8, 4) is 0 Å². The van der Waals surface area contributed by atoms with E-state index in [4.69, 9.17) is 0 Å². The molecule has 1 aliphatic carbocycles. The first-order valence-electron chi connectivity index (χ1n) is 8.35. The summed E-state index contributed by atoms with van der Waals surface area (Å²) in [7, 11) is 1.46. The van der Waals surface area contributed by atoms with Crippen molar-refractivity contribution in [3.63, 3.8) is 0 Å². The molecule has 0 radical (unpaired) electrons. The number of ether oxygens (including phenoxy) is 1. The van der Waals surface area contributed by atoms with Gasteiger partial charge in [0, 0.05) is 18.5 Å². The van der Waals surface area contributed by atoms with Crippen molar-refractivity contribution in [2.75, 3.05) is 20.2 Å². The molecule has 4 nitrogen and oxygen atoms in total. The van der Waals surface area contributed by atoms with Crippen molar-refractivity contribution in [1.29, 1.82) is 0 Å². The molecule has 0 amide bonds. The monoisotopic (exact) mass is 282 g/mol. The first-order chi connectivity index (χ1) is 9.81. The molecule has 2 rings (SSSR count). The van der Waals surface area contributed by atoms with Crippen LogP contribution in [0, 0.1) is 5.92 Å². The second kappa shape index (κ2) is 8.63. The molecule has 2 N–H and O–H groups in total. The summed E-state index contributed by atoms with van der Waals surface area (Å²) in [6.45, 7) is 2.12. The quantitative estimate of drug-likeness (QED) is 0.579. The third-order valence-corrected chi connectivity index (χ3v) is 4.88. The first-order valence-corrected chi connectivity index (χ1v) is 8.35. The van der Waals surface area contributed by atoms with Gasteiger partial charge in [0.1, 0.15) is 0 Å². The number of nitrogens with one attached hydrogen (secondary N) is 2. The van der Waals surface area contributed by atoms with E-state index in [0.29, 0.717) is 18.5 Å². The maximum atomic E-state index is 11.1. The van der Waals surface area contributed by atoms with Crippen LogP contribution in [0.3, 0.4) is 0 Å². The molecule has 2 fully saturated rings. The molecule has 1 saturated heterocycles. The molecule has 0 aromatic carbocycles. The van der Waals surface area contributed by atoms with Gasteiger partial charge in [0.25, 0.3) is 0 Å². The zero-order chi connectivity index (χ0) is 14.2. The van der Waals surface area contributed by atoms with Crippen LogP contribution in [0.1, 0.15) is 57.8 Å². The van der Waals surface area contributed by atoms with Gasteiger partial charge in [-0.05, 0) is 51.1 Å². The molecule has 1 saturated carbocycles. The molecule has 0 bridgehead atoms. The number of methoxy groups -OCH3 is 1. The van der Waals surface area contributed by atoms with Crippen molar-refractivity contribution in [2.24, 2.45) is 5.92 Å². The highest BCUT2D eigenvalue weighted by Crippen LogP contribution is 2.30. The molecule has 20 heavy (non-hydrogen) atoms. The van der Waals surface area contributed by atoms with E-state index < -0.39 is 0 Å². The standard InChI is InChI=1S/C16H30N2O2/c1-20-16(19)10-6-12-18-14-8-3-2-7-13(14)15-9-4-5-11-17-15/h13-15,17-18H,2-12H2,1H3. The second-order valence-electron chi connectivity index (χ2n) is 6.25. The van der Waals surface area contributed by atoms with Gasteiger partial charge in [-0.3, -0.25) is 4.79 Å². The van der Waals surface area contributed by atoms with Crippen molar-refractivity contribution in [2.45, 2.75) is 69.9 Å². The smallest absolute Gasteiger partial charge is 0.305 e. The average Bonchev–Trinajstić information content (AvgIpc) is 2.52. The fraction of sp³-hybridized carbons (Fsp3) is 0.938. The maximum absolute atomic E-state index is 11.1. The lowest BCUT2D eigenvalue weighted by atomic mass is 9.77. The molecular formula is C16H30N2O2. The van der Waals surface area contributed by atoms with Gasteiger partial charge < -0.3 is 15.4 Å². The number of hydrogen-bond acceptors (Lipinski definition) is 4. The zero-order valence-electron chi connectivity index (χ0n) is 12.8. The molecule has 0 spiro atoms. The predicted molar refractivity (Wildman–Crippen MR) is 80.6 cm³/mol. The van der Waals surface area contributed by atoms with Gasteiger partial charge in [0.15, 0.2) is 0 Å². The minimum absolute atomic E-state index is 0.0964. The van der Waals surface area contributed by atoms with Gasteiger partial charge in [-0.2, -0.15) is 0 Å². The van der Waals surface area contributed by atoms with E-state index in [0.717, 1.165) is 18.9 Å². The summed E-state index contributed by atoms with van der Waals surface area (Å²) in [6, 6.07) is 1.35. The van der Waals surface area contributed by atoms with Gasteiger partial charge in [-0.15, -0.1) is 0 Å². The normalized spacial score (nSPS) is 30.9. The van der Waals surface area contributed by atoms with Crippen molar-refractivity contribution in [1.82, 2.24) is 10.6 Å². The minimum atomic E-state index is -0.0964. The summed E-state index contributed by atoms with van der Waals surface area (Å²) >= 11 is 0. The Morgan fingerprint density at radius 1 is 1.20 bits per heavy atom. The average molecular weight is 282 g/mol. The molecule has 3 unspecified atom stereocenters. The second-order valence-corrected chi connectivity index (χ2v) is 6.25. The van der Waals surface area contributed by atoms with Crippen LogP contribution in [0.4, 0.5) is 0 Å².